The maximum Gasteiger partial charge on any atom is 0.254 e. The van der Waals surface area contributed by atoms with Gasteiger partial charge in [-0.2, -0.15) is 5.26 Å². The molecule has 3 aromatic rings. The minimum atomic E-state index is 0.0307. The lowest BCUT2D eigenvalue weighted by atomic mass is 9.90. The van der Waals surface area contributed by atoms with Crippen LogP contribution in [0.2, 0.25) is 0 Å². The first-order valence-electron chi connectivity index (χ1n) is 12.9. The van der Waals surface area contributed by atoms with Gasteiger partial charge in [0.15, 0.2) is 11.4 Å². The van der Waals surface area contributed by atoms with E-state index in [4.69, 9.17) is 4.74 Å². The zero-order valence-corrected chi connectivity index (χ0v) is 21.7. The third-order valence-electron chi connectivity index (χ3n) is 7.07. The summed E-state index contributed by atoms with van der Waals surface area (Å²) in [6, 6.07) is 8.21. The second-order valence-electron chi connectivity index (χ2n) is 9.92. The Bertz CT molecular complexity index is 1340. The molecule has 37 heavy (non-hydrogen) atoms. The molecule has 0 radical (unpaired) electrons. The number of nitriles is 1. The number of hydrogen-bond donors (Lipinski definition) is 1. The fraction of sp³-hybridized carbons (Fsp3) is 0.429. The maximum atomic E-state index is 13.8. The Hall–Kier alpha value is -3.90. The predicted molar refractivity (Wildman–Crippen MR) is 140 cm³/mol. The highest BCUT2D eigenvalue weighted by molar-refractivity contribution is 5.97. The summed E-state index contributed by atoms with van der Waals surface area (Å²) in [5, 5.41) is 12.4. The minimum absolute atomic E-state index is 0.0307. The molecule has 0 saturated carbocycles. The van der Waals surface area contributed by atoms with Gasteiger partial charge in [-0.3, -0.25) is 9.69 Å². The molecule has 0 aliphatic carbocycles. The molecular weight excluding hydrogens is 466 g/mol. The fourth-order valence-electron chi connectivity index (χ4n) is 5.39. The zero-order valence-electron chi connectivity index (χ0n) is 21.7. The van der Waals surface area contributed by atoms with Gasteiger partial charge in [-0.25, -0.2) is 9.97 Å². The number of nitrogens with one attached hydrogen (secondary N) is 1. The van der Waals surface area contributed by atoms with Gasteiger partial charge in [-0.15, -0.1) is 0 Å². The molecule has 0 bridgehead atoms. The number of hydrogen-bond acceptors (Lipinski definition) is 7. The van der Waals surface area contributed by atoms with Gasteiger partial charge in [0.25, 0.3) is 5.91 Å². The van der Waals surface area contributed by atoms with Crippen LogP contribution in [0.15, 0.2) is 36.8 Å². The van der Waals surface area contributed by atoms with E-state index in [1.54, 1.807) is 12.4 Å². The number of carbonyl (C=O) groups is 1. The Morgan fingerprint density at radius 2 is 2.00 bits per heavy atom. The van der Waals surface area contributed by atoms with E-state index in [0.717, 1.165) is 60.2 Å². The lowest BCUT2D eigenvalue weighted by Gasteiger charge is -2.38. The van der Waals surface area contributed by atoms with Gasteiger partial charge in [-0.1, -0.05) is 13.0 Å². The largest absolute Gasteiger partial charge is 0.491 e. The molecule has 0 spiro atoms. The highest BCUT2D eigenvalue weighted by Gasteiger charge is 2.30. The third-order valence-corrected chi connectivity index (χ3v) is 7.07. The minimum Gasteiger partial charge on any atom is -0.491 e. The monoisotopic (exact) mass is 499 g/mol. The van der Waals surface area contributed by atoms with Crippen molar-refractivity contribution >= 4 is 11.9 Å². The number of aromatic nitrogens is 3. The van der Waals surface area contributed by atoms with Crippen molar-refractivity contribution in [1.82, 2.24) is 24.3 Å². The molecule has 1 fully saturated rings. The predicted octanol–water partition coefficient (Wildman–Crippen LogP) is 3.29. The van der Waals surface area contributed by atoms with Crippen molar-refractivity contribution in [3.63, 3.8) is 0 Å². The highest BCUT2D eigenvalue weighted by Crippen LogP contribution is 2.30. The third kappa shape index (κ3) is 5.16. The Kier molecular flexibility index (Phi) is 7.10. The quantitative estimate of drug-likeness (QED) is 0.482. The van der Waals surface area contributed by atoms with E-state index in [9.17, 15) is 10.1 Å². The Morgan fingerprint density at radius 3 is 2.73 bits per heavy atom. The van der Waals surface area contributed by atoms with Crippen molar-refractivity contribution in [3.05, 3.63) is 70.3 Å². The lowest BCUT2D eigenvalue weighted by molar-refractivity contribution is 0.0723. The van der Waals surface area contributed by atoms with Crippen molar-refractivity contribution in [3.8, 4) is 11.8 Å². The number of carbonyl (C=O) groups excluding carboxylic acids is 1. The van der Waals surface area contributed by atoms with Crippen LogP contribution in [0.4, 0.5) is 5.95 Å². The van der Waals surface area contributed by atoms with Crippen LogP contribution in [0.25, 0.3) is 0 Å². The molecular formula is C28H33N7O2. The number of likely N-dealkylation sites (tertiary alicyclic amines) is 1. The van der Waals surface area contributed by atoms with Gasteiger partial charge in [0.1, 0.15) is 6.07 Å². The summed E-state index contributed by atoms with van der Waals surface area (Å²) in [6.07, 6.45) is 6.20. The molecule has 9 heteroatoms. The maximum absolute atomic E-state index is 13.8. The molecule has 1 amide bonds. The topological polar surface area (TPSA) is 99.3 Å². The summed E-state index contributed by atoms with van der Waals surface area (Å²) >= 11 is 0. The Balaban J connectivity index is 1.43. The molecule has 2 aliphatic rings. The second-order valence-corrected chi connectivity index (χ2v) is 9.92. The first-order chi connectivity index (χ1) is 18.0. The summed E-state index contributed by atoms with van der Waals surface area (Å²) in [5.41, 5.74) is 5.39. The Labute approximate surface area is 217 Å². The number of amides is 1. The summed E-state index contributed by atoms with van der Waals surface area (Å²) in [7, 11) is 1.86. The molecule has 2 aromatic heterocycles. The number of pyridine rings is 1. The standard InChI is InChI=1S/C28H33N7O2/c1-4-37-26-11-21(13-32-25(26)12-29)17-34-7-5-23-22(18-33-14-19(2)15-33)9-20(10-24(23)27(34)36)16-35-8-6-31-28(35)30-3/h6,8-11,13,19H,4-5,7,14-18H2,1-3H3,(H,30,31). The average molecular weight is 500 g/mol. The molecule has 0 atom stereocenters. The van der Waals surface area contributed by atoms with Crippen molar-refractivity contribution in [1.29, 1.82) is 5.26 Å². The average Bonchev–Trinajstić information content (AvgIpc) is 3.32. The van der Waals surface area contributed by atoms with Crippen LogP contribution in [0.5, 0.6) is 5.75 Å². The molecule has 1 N–H and O–H groups in total. The van der Waals surface area contributed by atoms with Crippen molar-refractivity contribution < 1.29 is 9.53 Å². The molecule has 9 nitrogen and oxygen atoms in total. The summed E-state index contributed by atoms with van der Waals surface area (Å²) < 4.78 is 7.65. The summed E-state index contributed by atoms with van der Waals surface area (Å²) in [6.45, 7) is 9.36. The van der Waals surface area contributed by atoms with Gasteiger partial charge in [0.2, 0.25) is 5.95 Å². The first kappa shape index (κ1) is 24.8. The molecule has 192 valence electrons. The van der Waals surface area contributed by atoms with Gasteiger partial charge in [0, 0.05) is 63.9 Å². The van der Waals surface area contributed by atoms with Gasteiger partial charge in [-0.05, 0) is 53.6 Å². The SMILES string of the molecule is CCOc1cc(CN2CCc3c(CN4CC(C)C4)cc(Cn4ccnc4NC)cc3C2=O)cnc1C#N. The van der Waals surface area contributed by atoms with E-state index in [1.807, 2.05) is 37.2 Å². The fourth-order valence-corrected chi connectivity index (χ4v) is 5.39. The van der Waals surface area contributed by atoms with E-state index in [-0.39, 0.29) is 11.6 Å². The highest BCUT2D eigenvalue weighted by atomic mass is 16.5. The van der Waals surface area contributed by atoms with Crippen LogP contribution < -0.4 is 10.1 Å². The molecule has 1 aromatic carbocycles. The van der Waals surface area contributed by atoms with Crippen LogP contribution in [0.1, 0.15) is 52.2 Å². The van der Waals surface area contributed by atoms with E-state index in [2.05, 4.69) is 43.8 Å². The summed E-state index contributed by atoms with van der Waals surface area (Å²) in [4.78, 5) is 26.7. The van der Waals surface area contributed by atoms with E-state index in [0.29, 0.717) is 32.0 Å². The molecule has 5 rings (SSSR count). The molecule has 1 saturated heterocycles. The number of rotatable bonds is 9. The van der Waals surface area contributed by atoms with Crippen LogP contribution in [0, 0.1) is 17.2 Å². The van der Waals surface area contributed by atoms with Crippen LogP contribution in [-0.4, -0.2) is 63.5 Å². The van der Waals surface area contributed by atoms with Crippen LogP contribution in [0.3, 0.4) is 0 Å². The number of ether oxygens (including phenoxy) is 1. The van der Waals surface area contributed by atoms with Crippen molar-refractivity contribution in [2.75, 3.05) is 38.6 Å². The molecule has 2 aliphatic heterocycles. The zero-order chi connectivity index (χ0) is 25.9. The van der Waals surface area contributed by atoms with Gasteiger partial charge in [0.05, 0.1) is 13.2 Å². The normalized spacial score (nSPS) is 15.7. The van der Waals surface area contributed by atoms with Crippen molar-refractivity contribution in [2.45, 2.75) is 39.9 Å². The van der Waals surface area contributed by atoms with Crippen molar-refractivity contribution in [2.24, 2.45) is 5.92 Å². The van der Waals surface area contributed by atoms with E-state index in [1.165, 1.54) is 5.56 Å². The smallest absolute Gasteiger partial charge is 0.254 e. The molecule has 4 heterocycles. The number of fused-ring (bicyclic) bond motifs is 1. The number of nitrogens with zero attached hydrogens (tertiary/aromatic N) is 6. The lowest BCUT2D eigenvalue weighted by Crippen LogP contribution is -2.45. The molecule has 0 unspecified atom stereocenters. The number of anilines is 1. The Morgan fingerprint density at radius 1 is 1.16 bits per heavy atom. The van der Waals surface area contributed by atoms with Gasteiger partial charge >= 0.3 is 0 Å². The second kappa shape index (κ2) is 10.6. The van der Waals surface area contributed by atoms with E-state index >= 15 is 0 Å². The van der Waals surface area contributed by atoms with E-state index < -0.39 is 0 Å². The first-order valence-corrected chi connectivity index (χ1v) is 12.9. The van der Waals surface area contributed by atoms with Crippen LogP contribution in [-0.2, 0) is 26.1 Å². The summed E-state index contributed by atoms with van der Waals surface area (Å²) in [5.74, 6) is 2.01. The van der Waals surface area contributed by atoms with Crippen LogP contribution >= 0.6 is 0 Å². The number of imidazole rings is 1. The van der Waals surface area contributed by atoms with Gasteiger partial charge < -0.3 is 19.5 Å². The number of benzene rings is 1.